The second-order valence-electron chi connectivity index (χ2n) is 3.76. The lowest BCUT2D eigenvalue weighted by atomic mass is 9.93. The van der Waals surface area contributed by atoms with E-state index in [1.807, 2.05) is 13.8 Å². The Labute approximate surface area is 96.3 Å². The summed E-state index contributed by atoms with van der Waals surface area (Å²) in [7, 11) is 0. The van der Waals surface area contributed by atoms with Gasteiger partial charge in [-0.05, 0) is 49.6 Å². The normalized spacial score (nSPS) is 14.2. The van der Waals surface area contributed by atoms with E-state index in [2.05, 4.69) is 0 Å². The number of phenols is 1. The van der Waals surface area contributed by atoms with Gasteiger partial charge in [0.05, 0.1) is 12.1 Å². The molecular formula is C11H18ClNO2. The lowest BCUT2D eigenvalue weighted by Gasteiger charge is -2.20. The van der Waals surface area contributed by atoms with Crippen LogP contribution in [0.15, 0.2) is 12.1 Å². The first-order valence-electron chi connectivity index (χ1n) is 4.67. The van der Waals surface area contributed by atoms with Crippen LogP contribution in [0.5, 0.6) is 5.75 Å². The molecule has 15 heavy (non-hydrogen) atoms. The molecule has 0 saturated carbocycles. The van der Waals surface area contributed by atoms with Crippen LogP contribution in [0.25, 0.3) is 0 Å². The number of nitrogens with two attached hydrogens (primary N) is 1. The van der Waals surface area contributed by atoms with Crippen LogP contribution in [0.2, 0.25) is 0 Å². The fraction of sp³-hybridized carbons (Fsp3) is 0.455. The Hall–Kier alpha value is -0.770. The summed E-state index contributed by atoms with van der Waals surface area (Å²) in [6.07, 6.45) is -0.586. The van der Waals surface area contributed by atoms with Crippen molar-refractivity contribution in [2.75, 3.05) is 0 Å². The molecule has 0 spiro atoms. The minimum atomic E-state index is -0.586. The van der Waals surface area contributed by atoms with Crippen LogP contribution in [-0.4, -0.2) is 16.3 Å². The van der Waals surface area contributed by atoms with Gasteiger partial charge in [-0.1, -0.05) is 0 Å². The van der Waals surface area contributed by atoms with Crippen LogP contribution in [-0.2, 0) is 0 Å². The average molecular weight is 232 g/mol. The third-order valence-electron chi connectivity index (χ3n) is 2.43. The highest BCUT2D eigenvalue weighted by atomic mass is 35.5. The van der Waals surface area contributed by atoms with Crippen molar-refractivity contribution in [3.05, 3.63) is 28.8 Å². The molecule has 0 radical (unpaired) electrons. The van der Waals surface area contributed by atoms with Gasteiger partial charge in [0.15, 0.2) is 0 Å². The quantitative estimate of drug-likeness (QED) is 0.727. The largest absolute Gasteiger partial charge is 0.508 e. The van der Waals surface area contributed by atoms with Crippen LogP contribution >= 0.6 is 12.4 Å². The van der Waals surface area contributed by atoms with Gasteiger partial charge in [0.2, 0.25) is 0 Å². The summed E-state index contributed by atoms with van der Waals surface area (Å²) in [6.45, 7) is 5.42. The zero-order valence-corrected chi connectivity index (χ0v) is 10.0. The van der Waals surface area contributed by atoms with Gasteiger partial charge in [0.25, 0.3) is 0 Å². The van der Waals surface area contributed by atoms with Crippen LogP contribution in [0, 0.1) is 13.8 Å². The molecule has 0 aliphatic rings. The molecule has 0 heterocycles. The summed E-state index contributed by atoms with van der Waals surface area (Å²) in [5, 5.41) is 18.7. The third-order valence-corrected chi connectivity index (χ3v) is 2.43. The predicted molar refractivity (Wildman–Crippen MR) is 63.4 cm³/mol. The number of halogens is 1. The Morgan fingerprint density at radius 1 is 1.20 bits per heavy atom. The van der Waals surface area contributed by atoms with E-state index in [1.165, 1.54) is 0 Å². The Morgan fingerprint density at radius 2 is 1.60 bits per heavy atom. The number of aliphatic hydroxyl groups is 1. The first-order chi connectivity index (χ1) is 6.43. The molecule has 1 rings (SSSR count). The smallest absolute Gasteiger partial charge is 0.116 e. The van der Waals surface area contributed by atoms with Crippen LogP contribution in [0.1, 0.15) is 29.7 Å². The van der Waals surface area contributed by atoms with E-state index in [4.69, 9.17) is 5.73 Å². The van der Waals surface area contributed by atoms with E-state index in [0.717, 1.165) is 16.7 Å². The molecule has 0 aliphatic carbocycles. The number of aromatic hydroxyl groups is 1. The van der Waals surface area contributed by atoms with Gasteiger partial charge in [-0.2, -0.15) is 0 Å². The summed E-state index contributed by atoms with van der Waals surface area (Å²) >= 11 is 0. The number of hydrogen-bond donors (Lipinski definition) is 3. The minimum Gasteiger partial charge on any atom is -0.508 e. The Kier molecular flexibility index (Phi) is 5.08. The van der Waals surface area contributed by atoms with E-state index in [0.29, 0.717) is 0 Å². The van der Waals surface area contributed by atoms with Gasteiger partial charge >= 0.3 is 0 Å². The lowest BCUT2D eigenvalue weighted by molar-refractivity contribution is 0.163. The van der Waals surface area contributed by atoms with E-state index in [9.17, 15) is 10.2 Å². The fourth-order valence-electron chi connectivity index (χ4n) is 1.72. The number of benzene rings is 1. The number of hydrogen-bond acceptors (Lipinski definition) is 3. The second kappa shape index (κ2) is 5.35. The molecule has 86 valence electrons. The van der Waals surface area contributed by atoms with Gasteiger partial charge in [-0.3, -0.25) is 0 Å². The number of aliphatic hydroxyl groups excluding tert-OH is 1. The zero-order chi connectivity index (χ0) is 10.9. The van der Waals surface area contributed by atoms with Crippen LogP contribution in [0.3, 0.4) is 0 Å². The van der Waals surface area contributed by atoms with Gasteiger partial charge in [0, 0.05) is 0 Å². The molecule has 0 saturated heterocycles. The molecule has 0 fully saturated rings. The summed E-state index contributed by atoms with van der Waals surface area (Å²) < 4.78 is 0. The van der Waals surface area contributed by atoms with Gasteiger partial charge in [0.1, 0.15) is 5.75 Å². The first kappa shape index (κ1) is 14.2. The molecule has 0 aliphatic heterocycles. The lowest BCUT2D eigenvalue weighted by Crippen LogP contribution is -2.24. The van der Waals surface area contributed by atoms with Gasteiger partial charge in [-0.15, -0.1) is 12.4 Å². The van der Waals surface area contributed by atoms with Crippen molar-refractivity contribution in [1.82, 2.24) is 0 Å². The standard InChI is InChI=1S/C11H17NO2.ClH/c1-6-4-9(14)5-7(2)10(6)11(12)8(3)13;/h4-5,8,11,13-14H,12H2,1-3H3;1H/t8-,11-;/m0./s1. The van der Waals surface area contributed by atoms with Gasteiger partial charge < -0.3 is 15.9 Å². The molecule has 0 aromatic heterocycles. The monoisotopic (exact) mass is 231 g/mol. The maximum atomic E-state index is 9.41. The molecule has 4 N–H and O–H groups in total. The van der Waals surface area contributed by atoms with E-state index < -0.39 is 12.1 Å². The number of phenolic OH excluding ortho intramolecular Hbond substituents is 1. The Balaban J connectivity index is 0.00000196. The Morgan fingerprint density at radius 3 is 1.93 bits per heavy atom. The maximum absolute atomic E-state index is 9.41. The van der Waals surface area contributed by atoms with Crippen LogP contribution < -0.4 is 5.73 Å². The van der Waals surface area contributed by atoms with Crippen molar-refractivity contribution in [3.63, 3.8) is 0 Å². The fourth-order valence-corrected chi connectivity index (χ4v) is 1.72. The van der Waals surface area contributed by atoms with Crippen molar-refractivity contribution < 1.29 is 10.2 Å². The highest BCUT2D eigenvalue weighted by Gasteiger charge is 2.17. The molecule has 0 unspecified atom stereocenters. The summed E-state index contributed by atoms with van der Waals surface area (Å²) in [5.41, 5.74) is 8.60. The molecule has 0 bridgehead atoms. The predicted octanol–water partition coefficient (Wildman–Crippen LogP) is 1.81. The molecule has 2 atom stereocenters. The average Bonchev–Trinajstić information content (AvgIpc) is 2.01. The summed E-state index contributed by atoms with van der Waals surface area (Å²) in [5.74, 6) is 0.238. The highest BCUT2D eigenvalue weighted by molar-refractivity contribution is 5.85. The van der Waals surface area contributed by atoms with Crippen molar-refractivity contribution in [1.29, 1.82) is 0 Å². The number of aryl methyl sites for hydroxylation is 2. The minimum absolute atomic E-state index is 0. The van der Waals surface area contributed by atoms with Gasteiger partial charge in [-0.25, -0.2) is 0 Å². The van der Waals surface area contributed by atoms with Crippen molar-refractivity contribution in [2.24, 2.45) is 5.73 Å². The van der Waals surface area contributed by atoms with Crippen LogP contribution in [0.4, 0.5) is 0 Å². The number of rotatable bonds is 2. The van der Waals surface area contributed by atoms with Crippen molar-refractivity contribution >= 4 is 12.4 Å². The van der Waals surface area contributed by atoms with E-state index in [-0.39, 0.29) is 18.2 Å². The molecule has 0 amide bonds. The summed E-state index contributed by atoms with van der Waals surface area (Å²) in [6, 6.07) is 2.92. The molecule has 3 nitrogen and oxygen atoms in total. The van der Waals surface area contributed by atoms with E-state index in [1.54, 1.807) is 19.1 Å². The maximum Gasteiger partial charge on any atom is 0.116 e. The molecule has 4 heteroatoms. The van der Waals surface area contributed by atoms with Crippen molar-refractivity contribution in [2.45, 2.75) is 32.9 Å². The first-order valence-corrected chi connectivity index (χ1v) is 4.67. The molecule has 1 aromatic rings. The van der Waals surface area contributed by atoms with Crippen molar-refractivity contribution in [3.8, 4) is 5.75 Å². The SMILES string of the molecule is Cc1cc(O)cc(C)c1[C@@H](N)[C@H](C)O.Cl. The third kappa shape index (κ3) is 3.09. The molecule has 1 aromatic carbocycles. The Bertz CT molecular complexity index is 316. The summed E-state index contributed by atoms with van der Waals surface area (Å²) in [4.78, 5) is 0. The van der Waals surface area contributed by atoms with E-state index >= 15 is 0 Å². The topological polar surface area (TPSA) is 66.5 Å². The molecular weight excluding hydrogens is 214 g/mol. The zero-order valence-electron chi connectivity index (χ0n) is 9.19. The second-order valence-corrected chi connectivity index (χ2v) is 3.76. The highest BCUT2D eigenvalue weighted by Crippen LogP contribution is 2.26.